The summed E-state index contributed by atoms with van der Waals surface area (Å²) in [5, 5.41) is 0. The first-order valence-corrected chi connectivity index (χ1v) is 7.40. The lowest BCUT2D eigenvalue weighted by Crippen LogP contribution is -2.56. The van der Waals surface area contributed by atoms with E-state index in [-0.39, 0.29) is 11.9 Å². The molecule has 1 fully saturated rings. The van der Waals surface area contributed by atoms with Crippen molar-refractivity contribution < 1.29 is 9.59 Å². The summed E-state index contributed by atoms with van der Waals surface area (Å²) in [5.74, 6) is 0.0786. The van der Waals surface area contributed by atoms with E-state index in [0.717, 1.165) is 0 Å². The van der Waals surface area contributed by atoms with Crippen molar-refractivity contribution in [3.05, 3.63) is 0 Å². The van der Waals surface area contributed by atoms with Crippen LogP contribution in [0.1, 0.15) is 27.7 Å². The third kappa shape index (κ3) is 3.62. The molecule has 0 aliphatic carbocycles. The van der Waals surface area contributed by atoms with Crippen molar-refractivity contribution in [3.8, 4) is 0 Å². The van der Waals surface area contributed by atoms with Gasteiger partial charge in [0.05, 0.1) is 5.41 Å². The Hall–Kier alpha value is -1.30. The van der Waals surface area contributed by atoms with Gasteiger partial charge in [-0.05, 0) is 27.7 Å². The van der Waals surface area contributed by atoms with Crippen LogP contribution in [-0.2, 0) is 4.79 Å². The highest BCUT2D eigenvalue weighted by molar-refractivity contribution is 5.82. The number of nitrogens with zero attached hydrogens (tertiary/aromatic N) is 3. The monoisotopic (exact) mass is 284 g/mol. The smallest absolute Gasteiger partial charge is 0.320 e. The number of urea groups is 1. The Bertz CT molecular complexity index is 345. The summed E-state index contributed by atoms with van der Waals surface area (Å²) >= 11 is 0. The Labute approximate surface area is 121 Å². The van der Waals surface area contributed by atoms with E-state index in [1.165, 1.54) is 0 Å². The molecule has 20 heavy (non-hydrogen) atoms. The summed E-state index contributed by atoms with van der Waals surface area (Å²) in [4.78, 5) is 30.0. The van der Waals surface area contributed by atoms with E-state index in [1.54, 1.807) is 4.90 Å². The highest BCUT2D eigenvalue weighted by atomic mass is 16.2. The van der Waals surface area contributed by atoms with Gasteiger partial charge in [0, 0.05) is 45.8 Å². The molecule has 116 valence electrons. The average molecular weight is 284 g/mol. The lowest BCUT2D eigenvalue weighted by molar-refractivity contribution is -0.141. The molecule has 1 aliphatic rings. The summed E-state index contributed by atoms with van der Waals surface area (Å²) in [5.41, 5.74) is 5.12. The molecule has 0 aromatic rings. The third-order valence-corrected chi connectivity index (χ3v) is 3.96. The Morgan fingerprint density at radius 3 is 1.90 bits per heavy atom. The zero-order valence-electron chi connectivity index (χ0n) is 13.2. The van der Waals surface area contributed by atoms with Gasteiger partial charge in [0.15, 0.2) is 0 Å². The van der Waals surface area contributed by atoms with Crippen molar-refractivity contribution in [2.45, 2.75) is 27.7 Å². The summed E-state index contributed by atoms with van der Waals surface area (Å²) in [7, 11) is 0. The second-order valence-electron chi connectivity index (χ2n) is 5.82. The van der Waals surface area contributed by atoms with E-state index in [9.17, 15) is 9.59 Å². The number of piperazine rings is 1. The molecule has 1 saturated heterocycles. The van der Waals surface area contributed by atoms with Crippen LogP contribution >= 0.6 is 0 Å². The van der Waals surface area contributed by atoms with E-state index >= 15 is 0 Å². The van der Waals surface area contributed by atoms with Crippen LogP contribution in [-0.4, -0.2) is 72.5 Å². The first-order valence-electron chi connectivity index (χ1n) is 7.40. The molecule has 0 bridgehead atoms. The maximum atomic E-state index is 12.3. The Kier molecular flexibility index (Phi) is 5.80. The van der Waals surface area contributed by atoms with Crippen molar-refractivity contribution in [3.63, 3.8) is 0 Å². The highest BCUT2D eigenvalue weighted by Crippen LogP contribution is 2.18. The van der Waals surface area contributed by atoms with Crippen LogP contribution < -0.4 is 5.73 Å². The number of nitrogens with two attached hydrogens (primary N) is 1. The normalized spacial score (nSPS) is 16.2. The molecule has 2 N–H and O–H groups in total. The highest BCUT2D eigenvalue weighted by Gasteiger charge is 2.33. The van der Waals surface area contributed by atoms with Crippen LogP contribution in [0.25, 0.3) is 0 Å². The van der Waals surface area contributed by atoms with Gasteiger partial charge in [0.1, 0.15) is 0 Å². The number of hydrogen-bond donors (Lipinski definition) is 1. The van der Waals surface area contributed by atoms with Crippen molar-refractivity contribution in [2.24, 2.45) is 11.1 Å². The third-order valence-electron chi connectivity index (χ3n) is 3.96. The lowest BCUT2D eigenvalue weighted by atomic mass is 9.91. The Morgan fingerprint density at radius 2 is 1.50 bits per heavy atom. The predicted molar refractivity (Wildman–Crippen MR) is 79.3 cm³/mol. The molecule has 0 aromatic heterocycles. The van der Waals surface area contributed by atoms with Crippen molar-refractivity contribution >= 4 is 11.9 Å². The minimum absolute atomic E-state index is 0.0696. The fourth-order valence-corrected chi connectivity index (χ4v) is 2.31. The SMILES string of the molecule is CCN(CC)C(=O)N1CCN(C(=O)C(C)(C)CN)CC1. The first kappa shape index (κ1) is 16.8. The van der Waals surface area contributed by atoms with Gasteiger partial charge in [-0.15, -0.1) is 0 Å². The maximum Gasteiger partial charge on any atom is 0.320 e. The first-order chi connectivity index (χ1) is 9.37. The minimum Gasteiger partial charge on any atom is -0.339 e. The molecule has 0 saturated carbocycles. The van der Waals surface area contributed by atoms with E-state index in [2.05, 4.69) is 0 Å². The average Bonchev–Trinajstić information content (AvgIpc) is 2.47. The molecule has 0 unspecified atom stereocenters. The molecule has 0 spiro atoms. The van der Waals surface area contributed by atoms with Crippen LogP contribution in [0, 0.1) is 5.41 Å². The topological polar surface area (TPSA) is 69.9 Å². The number of rotatable bonds is 4. The Morgan fingerprint density at radius 1 is 1.05 bits per heavy atom. The molecular formula is C14H28N4O2. The van der Waals surface area contributed by atoms with Gasteiger partial charge in [0.25, 0.3) is 0 Å². The lowest BCUT2D eigenvalue weighted by Gasteiger charge is -2.39. The van der Waals surface area contributed by atoms with Crippen LogP contribution in [0.2, 0.25) is 0 Å². The van der Waals surface area contributed by atoms with Crippen LogP contribution in [0.4, 0.5) is 4.79 Å². The zero-order valence-corrected chi connectivity index (χ0v) is 13.2. The fourth-order valence-electron chi connectivity index (χ4n) is 2.31. The van der Waals surface area contributed by atoms with Crippen LogP contribution in [0.3, 0.4) is 0 Å². The van der Waals surface area contributed by atoms with Gasteiger partial charge in [-0.1, -0.05) is 0 Å². The predicted octanol–water partition coefficient (Wildman–Crippen LogP) is 0.577. The quantitative estimate of drug-likeness (QED) is 0.821. The molecule has 1 rings (SSSR count). The van der Waals surface area contributed by atoms with Gasteiger partial charge in [-0.3, -0.25) is 4.79 Å². The second-order valence-corrected chi connectivity index (χ2v) is 5.82. The van der Waals surface area contributed by atoms with Gasteiger partial charge in [-0.25, -0.2) is 4.79 Å². The molecule has 1 heterocycles. The number of carbonyl (C=O) groups excluding carboxylic acids is 2. The standard InChI is InChI=1S/C14H28N4O2/c1-5-16(6-2)13(20)18-9-7-17(8-10-18)12(19)14(3,4)11-15/h5-11,15H2,1-4H3. The maximum absolute atomic E-state index is 12.3. The van der Waals surface area contributed by atoms with E-state index in [1.807, 2.05) is 37.5 Å². The van der Waals surface area contributed by atoms with Crippen molar-refractivity contribution in [1.82, 2.24) is 14.7 Å². The van der Waals surface area contributed by atoms with Crippen molar-refractivity contribution in [2.75, 3.05) is 45.8 Å². The summed E-state index contributed by atoms with van der Waals surface area (Å²) < 4.78 is 0. The summed E-state index contributed by atoms with van der Waals surface area (Å²) in [6.45, 7) is 11.8. The van der Waals surface area contributed by atoms with Gasteiger partial charge in [-0.2, -0.15) is 0 Å². The second kappa shape index (κ2) is 6.92. The number of carbonyl (C=O) groups is 2. The zero-order chi connectivity index (χ0) is 15.3. The van der Waals surface area contributed by atoms with Crippen molar-refractivity contribution in [1.29, 1.82) is 0 Å². The van der Waals surface area contributed by atoms with E-state index in [0.29, 0.717) is 45.8 Å². The number of amides is 3. The minimum atomic E-state index is -0.523. The van der Waals surface area contributed by atoms with Crippen LogP contribution in [0.15, 0.2) is 0 Å². The van der Waals surface area contributed by atoms with Gasteiger partial charge in [0.2, 0.25) is 5.91 Å². The van der Waals surface area contributed by atoms with Crippen LogP contribution in [0.5, 0.6) is 0 Å². The fraction of sp³-hybridized carbons (Fsp3) is 0.857. The molecule has 3 amide bonds. The summed E-state index contributed by atoms with van der Waals surface area (Å²) in [6.07, 6.45) is 0. The largest absolute Gasteiger partial charge is 0.339 e. The van der Waals surface area contributed by atoms with E-state index < -0.39 is 5.41 Å². The molecule has 0 atom stereocenters. The molecular weight excluding hydrogens is 256 g/mol. The molecule has 0 aromatic carbocycles. The number of hydrogen-bond acceptors (Lipinski definition) is 3. The van der Waals surface area contributed by atoms with E-state index in [4.69, 9.17) is 5.73 Å². The molecule has 1 aliphatic heterocycles. The molecule has 0 radical (unpaired) electrons. The van der Waals surface area contributed by atoms with Gasteiger partial charge >= 0.3 is 6.03 Å². The Balaban J connectivity index is 2.56. The summed E-state index contributed by atoms with van der Waals surface area (Å²) in [6, 6.07) is 0.0696. The molecule has 6 nitrogen and oxygen atoms in total. The van der Waals surface area contributed by atoms with Gasteiger partial charge < -0.3 is 20.4 Å². The molecule has 6 heteroatoms.